The third-order valence-corrected chi connectivity index (χ3v) is 4.20. The fraction of sp³-hybridized carbons (Fsp3) is 0.0714. The van der Waals surface area contributed by atoms with Crippen molar-refractivity contribution < 1.29 is 9.21 Å². The van der Waals surface area contributed by atoms with Crippen molar-refractivity contribution in [2.75, 3.05) is 0 Å². The van der Waals surface area contributed by atoms with E-state index in [0.29, 0.717) is 16.9 Å². The summed E-state index contributed by atoms with van der Waals surface area (Å²) in [7, 11) is 0. The Morgan fingerprint density at radius 2 is 2.06 bits per heavy atom. The predicted molar refractivity (Wildman–Crippen MR) is 76.3 cm³/mol. The van der Waals surface area contributed by atoms with Gasteiger partial charge in [0, 0.05) is 11.1 Å². The van der Waals surface area contributed by atoms with Crippen LogP contribution in [0.1, 0.15) is 16.1 Å². The fourth-order valence-electron chi connectivity index (χ4n) is 1.89. The molecule has 0 aliphatic rings. The largest absolute Gasteiger partial charge is 0.446 e. The summed E-state index contributed by atoms with van der Waals surface area (Å²) < 4.78 is 7.07. The van der Waals surface area contributed by atoms with E-state index in [1.54, 1.807) is 23.5 Å². The van der Waals surface area contributed by atoms with Gasteiger partial charge in [-0.1, -0.05) is 18.2 Å². The molecule has 0 bridgehead atoms. The number of hydrogen-bond acceptors (Lipinski definition) is 3. The van der Waals surface area contributed by atoms with Crippen molar-refractivity contribution in [3.05, 3.63) is 57.8 Å². The van der Waals surface area contributed by atoms with Crippen LogP contribution in [0.25, 0.3) is 10.1 Å². The normalized spacial score (nSPS) is 10.9. The molecule has 0 atom stereocenters. The number of carbonyl (C=O) groups is 1. The van der Waals surface area contributed by atoms with Crippen molar-refractivity contribution >= 4 is 43.1 Å². The monoisotopic (exact) mass is 320 g/mol. The van der Waals surface area contributed by atoms with E-state index in [1.165, 1.54) is 4.70 Å². The first-order valence-corrected chi connectivity index (χ1v) is 7.15. The molecule has 0 N–H and O–H groups in total. The summed E-state index contributed by atoms with van der Waals surface area (Å²) >= 11 is 4.87. The average Bonchev–Trinajstić information content (AvgIpc) is 2.97. The first kappa shape index (κ1) is 11.7. The lowest BCUT2D eigenvalue weighted by Crippen LogP contribution is -2.01. The van der Waals surface area contributed by atoms with Crippen LogP contribution in [0, 0.1) is 0 Å². The molecule has 0 radical (unpaired) electrons. The topological polar surface area (TPSA) is 30.2 Å². The summed E-state index contributed by atoms with van der Waals surface area (Å²) in [6.45, 7) is 0. The Labute approximate surface area is 116 Å². The minimum absolute atomic E-state index is 0.00394. The van der Waals surface area contributed by atoms with Crippen molar-refractivity contribution in [2.24, 2.45) is 0 Å². The average molecular weight is 321 g/mol. The van der Waals surface area contributed by atoms with Gasteiger partial charge in [-0.3, -0.25) is 4.79 Å². The van der Waals surface area contributed by atoms with E-state index >= 15 is 0 Å². The van der Waals surface area contributed by atoms with Gasteiger partial charge in [0.05, 0.1) is 0 Å². The summed E-state index contributed by atoms with van der Waals surface area (Å²) in [6.07, 6.45) is 0.379. The molecule has 0 unspecified atom stereocenters. The lowest BCUT2D eigenvalue weighted by atomic mass is 10.1. The van der Waals surface area contributed by atoms with Crippen LogP contribution in [0.15, 0.2) is 50.9 Å². The van der Waals surface area contributed by atoms with Crippen molar-refractivity contribution in [3.8, 4) is 0 Å². The van der Waals surface area contributed by atoms with E-state index in [4.69, 9.17) is 4.42 Å². The van der Waals surface area contributed by atoms with Gasteiger partial charge in [-0.25, -0.2) is 0 Å². The second-order valence-electron chi connectivity index (χ2n) is 3.96. The highest BCUT2D eigenvalue weighted by Gasteiger charge is 2.13. The number of ketones is 1. The maximum atomic E-state index is 12.1. The van der Waals surface area contributed by atoms with Crippen LogP contribution in [0.2, 0.25) is 0 Å². The molecule has 3 rings (SSSR count). The van der Waals surface area contributed by atoms with Crippen molar-refractivity contribution in [3.63, 3.8) is 0 Å². The summed E-state index contributed by atoms with van der Waals surface area (Å²) in [4.78, 5) is 12.1. The Morgan fingerprint density at radius 1 is 1.22 bits per heavy atom. The number of furan rings is 1. The van der Waals surface area contributed by atoms with E-state index in [9.17, 15) is 4.79 Å². The smallest absolute Gasteiger partial charge is 0.202 e. The van der Waals surface area contributed by atoms with Gasteiger partial charge in [0.15, 0.2) is 10.4 Å². The molecule has 4 heteroatoms. The minimum atomic E-state index is 0.00394. The molecule has 2 nitrogen and oxygen atoms in total. The van der Waals surface area contributed by atoms with E-state index in [2.05, 4.69) is 22.0 Å². The summed E-state index contributed by atoms with van der Waals surface area (Å²) in [6, 6.07) is 11.5. The molecule has 0 amide bonds. The highest BCUT2D eigenvalue weighted by molar-refractivity contribution is 9.10. The number of hydrogen-bond donors (Lipinski definition) is 0. The Bertz CT molecular complexity index is 711. The molecule has 1 aromatic carbocycles. The first-order valence-electron chi connectivity index (χ1n) is 5.47. The van der Waals surface area contributed by atoms with Gasteiger partial charge < -0.3 is 4.42 Å². The number of benzene rings is 1. The van der Waals surface area contributed by atoms with Crippen LogP contribution in [-0.2, 0) is 6.42 Å². The van der Waals surface area contributed by atoms with Crippen LogP contribution in [-0.4, -0.2) is 5.78 Å². The quantitative estimate of drug-likeness (QED) is 0.656. The standard InChI is InChI=1S/C14H9BrO2S/c15-14-6-5-12(17-14)11(16)7-9-8-18-13-4-2-1-3-10(9)13/h1-6,8H,7H2. The number of fused-ring (bicyclic) bond motifs is 1. The van der Waals surface area contributed by atoms with E-state index in [1.807, 2.05) is 23.6 Å². The van der Waals surface area contributed by atoms with Crippen LogP contribution in [0.5, 0.6) is 0 Å². The molecule has 0 saturated heterocycles. The second-order valence-corrected chi connectivity index (χ2v) is 5.65. The molecule has 0 spiro atoms. The van der Waals surface area contributed by atoms with E-state index < -0.39 is 0 Å². The molecule has 0 saturated carbocycles. The molecule has 0 aliphatic heterocycles. The van der Waals surface area contributed by atoms with Gasteiger partial charge in [-0.05, 0) is 50.5 Å². The third-order valence-electron chi connectivity index (χ3n) is 2.76. The Kier molecular flexibility index (Phi) is 3.06. The molecule has 3 aromatic rings. The number of thiophene rings is 1. The summed E-state index contributed by atoms with van der Waals surface area (Å²) in [5, 5.41) is 3.20. The fourth-order valence-corrected chi connectivity index (χ4v) is 3.16. The predicted octanol–water partition coefficient (Wildman–Crippen LogP) is 4.68. The maximum Gasteiger partial charge on any atom is 0.202 e. The molecule has 90 valence electrons. The van der Waals surface area contributed by atoms with Crippen molar-refractivity contribution in [2.45, 2.75) is 6.42 Å². The van der Waals surface area contributed by atoms with Crippen LogP contribution in [0.3, 0.4) is 0 Å². The lowest BCUT2D eigenvalue weighted by molar-refractivity contribution is 0.0965. The van der Waals surface area contributed by atoms with Crippen molar-refractivity contribution in [1.29, 1.82) is 0 Å². The highest BCUT2D eigenvalue weighted by Crippen LogP contribution is 2.27. The molecule has 2 aromatic heterocycles. The van der Waals surface area contributed by atoms with Gasteiger partial charge in [-0.2, -0.15) is 0 Å². The van der Waals surface area contributed by atoms with E-state index in [0.717, 1.165) is 10.9 Å². The lowest BCUT2D eigenvalue weighted by Gasteiger charge is -1.97. The minimum Gasteiger partial charge on any atom is -0.446 e. The molecular formula is C14H9BrO2S. The molecule has 0 aliphatic carbocycles. The zero-order valence-electron chi connectivity index (χ0n) is 9.35. The van der Waals surface area contributed by atoms with Gasteiger partial charge in [0.1, 0.15) is 0 Å². The van der Waals surface area contributed by atoms with Crippen molar-refractivity contribution in [1.82, 2.24) is 0 Å². The van der Waals surface area contributed by atoms with Gasteiger partial charge in [-0.15, -0.1) is 11.3 Å². The summed E-state index contributed by atoms with van der Waals surface area (Å²) in [5.74, 6) is 0.404. The van der Waals surface area contributed by atoms with Crippen LogP contribution < -0.4 is 0 Å². The number of Topliss-reactive ketones (excluding diaryl/α,β-unsaturated/α-hetero) is 1. The summed E-state index contributed by atoms with van der Waals surface area (Å²) in [5.41, 5.74) is 1.06. The van der Waals surface area contributed by atoms with Gasteiger partial charge in [0.2, 0.25) is 5.78 Å². The molecule has 0 fully saturated rings. The van der Waals surface area contributed by atoms with Gasteiger partial charge >= 0.3 is 0 Å². The number of carbonyl (C=O) groups excluding carboxylic acids is 1. The number of rotatable bonds is 3. The molecule has 2 heterocycles. The van der Waals surface area contributed by atoms with E-state index in [-0.39, 0.29) is 5.78 Å². The zero-order chi connectivity index (χ0) is 12.5. The molecular weight excluding hydrogens is 312 g/mol. The maximum absolute atomic E-state index is 12.1. The van der Waals surface area contributed by atoms with Crippen LogP contribution in [0.4, 0.5) is 0 Å². The van der Waals surface area contributed by atoms with Crippen LogP contribution >= 0.6 is 27.3 Å². The highest BCUT2D eigenvalue weighted by atomic mass is 79.9. The Balaban J connectivity index is 1.90. The third kappa shape index (κ3) is 2.13. The zero-order valence-corrected chi connectivity index (χ0v) is 11.8. The first-order chi connectivity index (χ1) is 8.74. The van der Waals surface area contributed by atoms with Gasteiger partial charge in [0.25, 0.3) is 0 Å². The molecule has 18 heavy (non-hydrogen) atoms. The SMILES string of the molecule is O=C(Cc1csc2ccccc12)c1ccc(Br)o1. The Morgan fingerprint density at radius 3 is 2.83 bits per heavy atom. The number of halogens is 1. The second kappa shape index (κ2) is 4.71. The Hall–Kier alpha value is -1.39.